The fourth-order valence-electron chi connectivity index (χ4n) is 2.62. The topological polar surface area (TPSA) is 97.0 Å². The van der Waals surface area contributed by atoms with Gasteiger partial charge in [-0.2, -0.15) is 0 Å². The molecule has 0 saturated carbocycles. The molecule has 3 rings (SSSR count). The second kappa shape index (κ2) is 8.22. The molecular weight excluding hydrogens is 350 g/mol. The number of hydrogen-bond donors (Lipinski definition) is 2. The molecule has 1 heterocycles. The minimum Gasteiger partial charge on any atom is -0.497 e. The van der Waals surface area contributed by atoms with Crippen LogP contribution in [0.5, 0.6) is 11.5 Å². The summed E-state index contributed by atoms with van der Waals surface area (Å²) in [4.78, 5) is 38.0. The Hall–Kier alpha value is -3.55. The number of amides is 3. The Morgan fingerprint density at radius 1 is 1.11 bits per heavy atom. The Kier molecular flexibility index (Phi) is 5.55. The van der Waals surface area contributed by atoms with Gasteiger partial charge >= 0.3 is 0 Å². The third kappa shape index (κ3) is 4.35. The van der Waals surface area contributed by atoms with Crippen LogP contribution >= 0.6 is 0 Å². The van der Waals surface area contributed by atoms with Gasteiger partial charge in [-0.3, -0.25) is 30.1 Å². The van der Waals surface area contributed by atoms with Crippen LogP contribution in [0, 0.1) is 0 Å². The summed E-state index contributed by atoms with van der Waals surface area (Å²) in [5, 5.41) is 0. The largest absolute Gasteiger partial charge is 0.497 e. The van der Waals surface area contributed by atoms with E-state index in [4.69, 9.17) is 9.47 Å². The van der Waals surface area contributed by atoms with E-state index in [-0.39, 0.29) is 25.5 Å². The van der Waals surface area contributed by atoms with E-state index in [1.54, 1.807) is 48.5 Å². The fraction of sp³-hybridized carbons (Fsp3) is 0.211. The number of hydrazine groups is 1. The van der Waals surface area contributed by atoms with Crippen LogP contribution in [0.15, 0.2) is 48.5 Å². The van der Waals surface area contributed by atoms with Crippen LogP contribution in [0.4, 0.5) is 5.69 Å². The van der Waals surface area contributed by atoms with E-state index in [0.29, 0.717) is 22.7 Å². The number of benzene rings is 2. The highest BCUT2D eigenvalue weighted by atomic mass is 16.5. The maximum absolute atomic E-state index is 12.3. The molecular formula is C19H19N3O5. The van der Waals surface area contributed by atoms with Crippen LogP contribution in [-0.2, 0) is 9.59 Å². The van der Waals surface area contributed by atoms with Crippen LogP contribution in [0.25, 0.3) is 0 Å². The summed E-state index contributed by atoms with van der Waals surface area (Å²) in [5.74, 6) is -0.0648. The van der Waals surface area contributed by atoms with Crippen LogP contribution in [-0.4, -0.2) is 38.0 Å². The van der Waals surface area contributed by atoms with Crippen molar-refractivity contribution in [1.82, 2.24) is 10.9 Å². The zero-order valence-corrected chi connectivity index (χ0v) is 14.7. The van der Waals surface area contributed by atoms with Crippen molar-refractivity contribution >= 4 is 23.4 Å². The minimum absolute atomic E-state index is 0.167. The number of anilines is 1. The van der Waals surface area contributed by atoms with Crippen molar-refractivity contribution in [3.8, 4) is 11.5 Å². The highest BCUT2D eigenvalue weighted by molar-refractivity contribution is 6.01. The minimum atomic E-state index is -0.526. The number of carbonyl (C=O) groups excluding carboxylic acids is 3. The second-order valence-electron chi connectivity index (χ2n) is 5.78. The molecule has 0 spiro atoms. The molecule has 0 aromatic heterocycles. The van der Waals surface area contributed by atoms with Gasteiger partial charge in [0.15, 0.2) is 0 Å². The Morgan fingerprint density at radius 2 is 1.85 bits per heavy atom. The zero-order chi connectivity index (χ0) is 19.2. The Labute approximate surface area is 156 Å². The molecule has 0 radical (unpaired) electrons. The number of hydrogen-bond acceptors (Lipinski definition) is 5. The smallest absolute Gasteiger partial charge is 0.269 e. The lowest BCUT2D eigenvalue weighted by Gasteiger charge is -2.21. The van der Waals surface area contributed by atoms with Crippen molar-refractivity contribution in [2.24, 2.45) is 0 Å². The van der Waals surface area contributed by atoms with Crippen molar-refractivity contribution in [3.05, 3.63) is 54.1 Å². The monoisotopic (exact) mass is 369 g/mol. The summed E-state index contributed by atoms with van der Waals surface area (Å²) in [6.07, 6.45) is 0.167. The zero-order valence-electron chi connectivity index (χ0n) is 14.7. The van der Waals surface area contributed by atoms with Crippen molar-refractivity contribution in [2.45, 2.75) is 6.42 Å². The highest BCUT2D eigenvalue weighted by Gasteiger charge is 2.25. The van der Waals surface area contributed by atoms with E-state index < -0.39 is 11.8 Å². The van der Waals surface area contributed by atoms with Gasteiger partial charge < -0.3 is 9.47 Å². The summed E-state index contributed by atoms with van der Waals surface area (Å²) < 4.78 is 10.6. The molecule has 27 heavy (non-hydrogen) atoms. The summed E-state index contributed by atoms with van der Waals surface area (Å²) in [7, 11) is 1.53. The molecule has 2 aromatic carbocycles. The Bertz CT molecular complexity index is 851. The lowest BCUT2D eigenvalue weighted by molar-refractivity contribution is -0.124. The van der Waals surface area contributed by atoms with Gasteiger partial charge in [0, 0.05) is 5.56 Å². The lowest BCUT2D eigenvalue weighted by atomic mass is 10.2. The first kappa shape index (κ1) is 18.2. The van der Waals surface area contributed by atoms with Crippen LogP contribution < -0.4 is 25.2 Å². The van der Waals surface area contributed by atoms with E-state index in [9.17, 15) is 14.4 Å². The molecule has 8 heteroatoms. The number of methoxy groups -OCH3 is 1. The first-order chi connectivity index (χ1) is 13.1. The molecule has 1 aliphatic rings. The van der Waals surface area contributed by atoms with E-state index >= 15 is 0 Å². The van der Waals surface area contributed by atoms with Crippen molar-refractivity contribution in [1.29, 1.82) is 0 Å². The number of nitrogens with zero attached hydrogens (tertiary/aromatic N) is 1. The fourth-order valence-corrected chi connectivity index (χ4v) is 2.62. The summed E-state index contributed by atoms with van der Waals surface area (Å²) in [5.41, 5.74) is 5.54. The van der Waals surface area contributed by atoms with Gasteiger partial charge in [0.2, 0.25) is 5.91 Å². The van der Waals surface area contributed by atoms with E-state index in [2.05, 4.69) is 10.9 Å². The molecule has 0 aliphatic carbocycles. The second-order valence-corrected chi connectivity index (χ2v) is 5.78. The molecule has 8 nitrogen and oxygen atoms in total. The third-order valence-corrected chi connectivity index (χ3v) is 4.00. The van der Waals surface area contributed by atoms with Crippen LogP contribution in [0.2, 0.25) is 0 Å². The van der Waals surface area contributed by atoms with E-state index in [1.165, 1.54) is 12.0 Å². The predicted octanol–water partition coefficient (Wildman–Crippen LogP) is 1.27. The maximum atomic E-state index is 12.3. The SMILES string of the molecule is COc1ccc(C(=O)NNC(=O)CN2C(=O)CCOc3ccccc32)cc1. The number of ether oxygens (including phenoxy) is 2. The lowest BCUT2D eigenvalue weighted by Crippen LogP contribution is -2.47. The van der Waals surface area contributed by atoms with E-state index in [0.717, 1.165) is 0 Å². The predicted molar refractivity (Wildman–Crippen MR) is 97.5 cm³/mol. The summed E-state index contributed by atoms with van der Waals surface area (Å²) >= 11 is 0. The van der Waals surface area contributed by atoms with Gasteiger partial charge in [0.05, 0.1) is 25.8 Å². The van der Waals surface area contributed by atoms with Gasteiger partial charge in [-0.25, -0.2) is 0 Å². The quantitative estimate of drug-likeness (QED) is 0.791. The molecule has 3 amide bonds. The van der Waals surface area contributed by atoms with Crippen molar-refractivity contribution < 1.29 is 23.9 Å². The van der Waals surface area contributed by atoms with Crippen molar-refractivity contribution in [3.63, 3.8) is 0 Å². The molecule has 0 unspecified atom stereocenters. The molecule has 140 valence electrons. The van der Waals surface area contributed by atoms with Gasteiger partial charge in [0.1, 0.15) is 18.0 Å². The van der Waals surface area contributed by atoms with Gasteiger partial charge in [-0.1, -0.05) is 12.1 Å². The number of rotatable bonds is 4. The molecule has 0 atom stereocenters. The van der Waals surface area contributed by atoms with Gasteiger partial charge in [-0.15, -0.1) is 0 Å². The molecule has 0 fully saturated rings. The average Bonchev–Trinajstić information content (AvgIpc) is 2.85. The standard InChI is InChI=1S/C19H19N3O5/c1-26-14-8-6-13(7-9-14)19(25)21-20-17(23)12-22-15-4-2-3-5-16(15)27-11-10-18(22)24/h2-9H,10-12H2,1H3,(H,20,23)(H,21,25). The first-order valence-electron chi connectivity index (χ1n) is 8.34. The van der Waals surface area contributed by atoms with Crippen LogP contribution in [0.3, 0.4) is 0 Å². The molecule has 2 aromatic rings. The third-order valence-electron chi connectivity index (χ3n) is 4.00. The molecule has 0 saturated heterocycles. The van der Waals surface area contributed by atoms with Crippen molar-refractivity contribution in [2.75, 3.05) is 25.2 Å². The molecule has 2 N–H and O–H groups in total. The van der Waals surface area contributed by atoms with Gasteiger partial charge in [0.25, 0.3) is 11.8 Å². The normalized spacial score (nSPS) is 13.1. The maximum Gasteiger partial charge on any atom is 0.269 e. The number of carbonyl (C=O) groups is 3. The first-order valence-corrected chi connectivity index (χ1v) is 8.34. The average molecular weight is 369 g/mol. The molecule has 0 bridgehead atoms. The number of nitrogens with one attached hydrogen (secondary N) is 2. The molecule has 1 aliphatic heterocycles. The Morgan fingerprint density at radius 3 is 2.59 bits per heavy atom. The van der Waals surface area contributed by atoms with Crippen LogP contribution in [0.1, 0.15) is 16.8 Å². The summed E-state index contributed by atoms with van der Waals surface area (Å²) in [6.45, 7) is 0.0181. The number of fused-ring (bicyclic) bond motifs is 1. The summed E-state index contributed by atoms with van der Waals surface area (Å²) in [6, 6.07) is 13.4. The highest BCUT2D eigenvalue weighted by Crippen LogP contribution is 2.30. The van der Waals surface area contributed by atoms with E-state index in [1.807, 2.05) is 0 Å². The number of para-hydroxylation sites is 2. The van der Waals surface area contributed by atoms with Gasteiger partial charge in [-0.05, 0) is 36.4 Å². The Balaban J connectivity index is 1.61.